The number of ether oxygens (including phenoxy) is 3. The van der Waals surface area contributed by atoms with E-state index in [0.29, 0.717) is 41.5 Å². The highest BCUT2D eigenvalue weighted by atomic mass is 19.1. The number of hydrogen-bond acceptors (Lipinski definition) is 4. The van der Waals surface area contributed by atoms with Crippen LogP contribution >= 0.6 is 0 Å². The zero-order valence-corrected chi connectivity index (χ0v) is 13.7. The number of rotatable bonds is 4. The molecule has 24 heavy (non-hydrogen) atoms. The second-order valence-electron chi connectivity index (χ2n) is 5.28. The summed E-state index contributed by atoms with van der Waals surface area (Å²) in [6.07, 6.45) is 0.665. The molecule has 4 nitrogen and oxygen atoms in total. The lowest BCUT2D eigenvalue weighted by atomic mass is 9.91. The Morgan fingerprint density at radius 3 is 2.33 bits per heavy atom. The Hall–Kier alpha value is -2.63. The number of nitrogens with zero attached hydrogens (tertiary/aromatic N) is 1. The lowest BCUT2D eigenvalue weighted by Crippen LogP contribution is -2.18. The second-order valence-corrected chi connectivity index (χ2v) is 5.28. The van der Waals surface area contributed by atoms with Crippen molar-refractivity contribution in [3.8, 4) is 17.2 Å². The zero-order chi connectivity index (χ0) is 17.3. The first-order chi connectivity index (χ1) is 11.6. The van der Waals surface area contributed by atoms with E-state index in [-0.39, 0.29) is 5.56 Å². The topological polar surface area (TPSA) is 40.0 Å². The van der Waals surface area contributed by atoms with Crippen LogP contribution in [0.3, 0.4) is 0 Å². The van der Waals surface area contributed by atoms with E-state index >= 15 is 0 Å². The Kier molecular flexibility index (Phi) is 4.38. The summed E-state index contributed by atoms with van der Waals surface area (Å²) >= 11 is 0. The van der Waals surface area contributed by atoms with Gasteiger partial charge in [0, 0.05) is 23.7 Å². The van der Waals surface area contributed by atoms with Gasteiger partial charge in [-0.25, -0.2) is 8.78 Å². The smallest absolute Gasteiger partial charge is 0.203 e. The highest BCUT2D eigenvalue weighted by molar-refractivity contribution is 6.16. The van der Waals surface area contributed by atoms with Crippen LogP contribution in [0.5, 0.6) is 17.2 Å². The quantitative estimate of drug-likeness (QED) is 0.861. The van der Waals surface area contributed by atoms with Gasteiger partial charge in [-0.15, -0.1) is 0 Å². The molecule has 0 aromatic heterocycles. The van der Waals surface area contributed by atoms with Gasteiger partial charge in [0.05, 0.1) is 27.0 Å². The summed E-state index contributed by atoms with van der Waals surface area (Å²) < 4.78 is 43.8. The summed E-state index contributed by atoms with van der Waals surface area (Å²) in [5.41, 5.74) is 2.21. The van der Waals surface area contributed by atoms with Crippen molar-refractivity contribution >= 4 is 5.71 Å². The third-order valence-corrected chi connectivity index (χ3v) is 3.99. The Bertz CT molecular complexity index is 818. The number of aliphatic imine (C=N–C) groups is 1. The van der Waals surface area contributed by atoms with Crippen molar-refractivity contribution in [2.45, 2.75) is 6.42 Å². The van der Waals surface area contributed by atoms with Gasteiger partial charge < -0.3 is 14.2 Å². The highest BCUT2D eigenvalue weighted by Gasteiger charge is 2.28. The first-order valence-corrected chi connectivity index (χ1v) is 7.42. The van der Waals surface area contributed by atoms with Crippen LogP contribution in [-0.4, -0.2) is 33.6 Å². The molecule has 1 aliphatic heterocycles. The molecule has 6 heteroatoms. The van der Waals surface area contributed by atoms with Crippen molar-refractivity contribution in [2.24, 2.45) is 4.99 Å². The molecule has 2 aromatic carbocycles. The van der Waals surface area contributed by atoms with Crippen LogP contribution in [0.2, 0.25) is 0 Å². The van der Waals surface area contributed by atoms with Gasteiger partial charge in [-0.1, -0.05) is 0 Å². The van der Waals surface area contributed by atoms with Crippen LogP contribution < -0.4 is 14.2 Å². The van der Waals surface area contributed by atoms with Gasteiger partial charge in [0.2, 0.25) is 5.75 Å². The summed E-state index contributed by atoms with van der Waals surface area (Å²) in [6.45, 7) is 0.498. The van der Waals surface area contributed by atoms with Gasteiger partial charge in [0.15, 0.2) is 11.5 Å². The second kappa shape index (κ2) is 6.47. The predicted molar refractivity (Wildman–Crippen MR) is 86.7 cm³/mol. The summed E-state index contributed by atoms with van der Waals surface area (Å²) in [6, 6.07) is 5.28. The first kappa shape index (κ1) is 16.2. The average molecular weight is 333 g/mol. The monoisotopic (exact) mass is 333 g/mol. The SMILES string of the molecule is COc1cc2c(c(OC)c1OC)C(c1ccc(F)cc1F)=NCC2. The maximum Gasteiger partial charge on any atom is 0.203 e. The third-order valence-electron chi connectivity index (χ3n) is 3.99. The van der Waals surface area contributed by atoms with Gasteiger partial charge in [-0.2, -0.15) is 0 Å². The number of fused-ring (bicyclic) bond motifs is 1. The van der Waals surface area contributed by atoms with E-state index < -0.39 is 11.6 Å². The van der Waals surface area contributed by atoms with Crippen LogP contribution in [0.25, 0.3) is 0 Å². The number of halogens is 2. The molecule has 0 bridgehead atoms. The molecular weight excluding hydrogens is 316 g/mol. The normalized spacial score (nSPS) is 13.1. The van der Waals surface area contributed by atoms with E-state index in [1.807, 2.05) is 6.07 Å². The maximum atomic E-state index is 14.3. The van der Waals surface area contributed by atoms with Crippen LogP contribution in [0.4, 0.5) is 8.78 Å². The number of hydrogen-bond donors (Lipinski definition) is 0. The molecule has 0 saturated carbocycles. The molecule has 0 amide bonds. The Balaban J connectivity index is 2.26. The van der Waals surface area contributed by atoms with Crippen LogP contribution in [0, 0.1) is 11.6 Å². The largest absolute Gasteiger partial charge is 0.493 e. The molecule has 0 radical (unpaired) electrons. The molecule has 0 saturated heterocycles. The minimum atomic E-state index is -0.668. The lowest BCUT2D eigenvalue weighted by molar-refractivity contribution is 0.323. The van der Waals surface area contributed by atoms with E-state index in [4.69, 9.17) is 14.2 Å². The fourth-order valence-electron chi connectivity index (χ4n) is 2.93. The van der Waals surface area contributed by atoms with Crippen LogP contribution in [0.1, 0.15) is 16.7 Å². The van der Waals surface area contributed by atoms with Crippen LogP contribution in [0.15, 0.2) is 29.3 Å². The van der Waals surface area contributed by atoms with E-state index in [1.54, 1.807) is 7.11 Å². The number of benzene rings is 2. The average Bonchev–Trinajstić information content (AvgIpc) is 2.59. The molecule has 1 aliphatic rings. The molecule has 1 heterocycles. The minimum absolute atomic E-state index is 0.225. The third kappa shape index (κ3) is 2.58. The van der Waals surface area contributed by atoms with Crippen LogP contribution in [-0.2, 0) is 6.42 Å². The Morgan fingerprint density at radius 2 is 1.71 bits per heavy atom. The van der Waals surface area contributed by atoms with Gasteiger partial charge in [-0.05, 0) is 30.2 Å². The van der Waals surface area contributed by atoms with E-state index in [9.17, 15) is 8.78 Å². The first-order valence-electron chi connectivity index (χ1n) is 7.42. The molecule has 0 spiro atoms. The minimum Gasteiger partial charge on any atom is -0.493 e. The van der Waals surface area contributed by atoms with Gasteiger partial charge in [0.1, 0.15) is 11.6 Å². The summed E-state index contributed by atoms with van der Waals surface area (Å²) in [4.78, 5) is 4.45. The molecule has 2 aromatic rings. The Labute approximate surface area is 138 Å². The van der Waals surface area contributed by atoms with Crippen molar-refractivity contribution in [2.75, 3.05) is 27.9 Å². The maximum absolute atomic E-state index is 14.3. The zero-order valence-electron chi connectivity index (χ0n) is 13.7. The molecule has 0 N–H and O–H groups in total. The molecule has 0 atom stereocenters. The van der Waals surface area contributed by atoms with Crippen molar-refractivity contribution in [3.05, 3.63) is 52.6 Å². The van der Waals surface area contributed by atoms with Crippen molar-refractivity contribution in [1.82, 2.24) is 0 Å². The lowest BCUT2D eigenvalue weighted by Gasteiger charge is -2.23. The number of methoxy groups -OCH3 is 3. The molecule has 126 valence electrons. The summed E-state index contributed by atoms with van der Waals surface area (Å²) in [5, 5.41) is 0. The molecular formula is C18H17F2NO3. The van der Waals surface area contributed by atoms with Crippen molar-refractivity contribution < 1.29 is 23.0 Å². The predicted octanol–water partition coefficient (Wildman–Crippen LogP) is 3.38. The molecule has 0 unspecified atom stereocenters. The van der Waals surface area contributed by atoms with E-state index in [1.165, 1.54) is 26.4 Å². The summed E-state index contributed by atoms with van der Waals surface area (Å²) in [5.74, 6) is 0.0735. The van der Waals surface area contributed by atoms with Crippen molar-refractivity contribution in [3.63, 3.8) is 0 Å². The molecule has 0 aliphatic carbocycles. The Morgan fingerprint density at radius 1 is 0.958 bits per heavy atom. The molecule has 3 rings (SSSR count). The van der Waals surface area contributed by atoms with Gasteiger partial charge in [-0.3, -0.25) is 4.99 Å². The standard InChI is InChI=1S/C18H17F2NO3/c1-22-14-8-10-6-7-21-16(12-5-4-11(19)9-13(12)20)15(10)18(24-3)17(14)23-2/h4-5,8-9H,6-7H2,1-3H3. The van der Waals surface area contributed by atoms with Crippen molar-refractivity contribution in [1.29, 1.82) is 0 Å². The fraction of sp³-hybridized carbons (Fsp3) is 0.278. The summed E-state index contributed by atoms with van der Waals surface area (Å²) in [7, 11) is 4.55. The highest BCUT2D eigenvalue weighted by Crippen LogP contribution is 2.44. The van der Waals surface area contributed by atoms with Gasteiger partial charge >= 0.3 is 0 Å². The fourth-order valence-corrected chi connectivity index (χ4v) is 2.93. The van der Waals surface area contributed by atoms with E-state index in [2.05, 4.69) is 4.99 Å². The molecule has 0 fully saturated rings. The van der Waals surface area contributed by atoms with Gasteiger partial charge in [0.25, 0.3) is 0 Å². The van der Waals surface area contributed by atoms with E-state index in [0.717, 1.165) is 11.6 Å².